The molecule has 0 bridgehead atoms. The molecule has 0 aliphatic carbocycles. The third kappa shape index (κ3) is 10.5. The number of carbonyl (C=O) groups is 1. The van der Waals surface area contributed by atoms with E-state index in [4.69, 9.17) is 16.2 Å². The van der Waals surface area contributed by atoms with Crippen LogP contribution < -0.4 is 16.8 Å². The van der Waals surface area contributed by atoms with Gasteiger partial charge in [-0.3, -0.25) is 0 Å². The first-order valence-corrected chi connectivity index (χ1v) is 14.5. The second-order valence-electron chi connectivity index (χ2n) is 10.3. The molecule has 2 aliphatic heterocycles. The summed E-state index contributed by atoms with van der Waals surface area (Å²) in [5, 5.41) is 5.91. The first kappa shape index (κ1) is 29.2. The number of nitrogens with one attached hydrogen (secondary N) is 1. The summed E-state index contributed by atoms with van der Waals surface area (Å²) >= 11 is 3.39. The summed E-state index contributed by atoms with van der Waals surface area (Å²) in [4.78, 5) is 31.1. The standard InChI is InChI=1S/C15H24N4O2S.C10H16N4S/c1-10-9-12(16)18-13(17-10)22-11-5-7-19(8-6-11)14(20)21-15(2,3)4;1-7-6-9(11)14-10(13-7)15-8-2-4-12-5-3-8/h9,11H,5-8H2,1-4H3,(H2,16,17,18);6,8,12H,2-5H2,1H3,(H2,11,13,14). The van der Waals surface area contributed by atoms with Crippen LogP contribution >= 0.6 is 23.5 Å². The van der Waals surface area contributed by atoms with E-state index < -0.39 is 5.60 Å². The van der Waals surface area contributed by atoms with Gasteiger partial charge in [-0.15, -0.1) is 0 Å². The molecule has 0 radical (unpaired) electrons. The Morgan fingerprint density at radius 3 is 1.78 bits per heavy atom. The van der Waals surface area contributed by atoms with Gasteiger partial charge in [-0.2, -0.15) is 0 Å². The summed E-state index contributed by atoms with van der Waals surface area (Å²) in [5.74, 6) is 1.07. The second-order valence-corrected chi connectivity index (χ2v) is 12.8. The van der Waals surface area contributed by atoms with E-state index >= 15 is 0 Å². The molecule has 5 N–H and O–H groups in total. The van der Waals surface area contributed by atoms with E-state index in [1.807, 2.05) is 34.6 Å². The number of aryl methyl sites for hydroxylation is 2. The normalized spacial score (nSPS) is 17.2. The zero-order valence-corrected chi connectivity index (χ0v) is 24.1. The van der Waals surface area contributed by atoms with Crippen molar-refractivity contribution in [1.82, 2.24) is 30.2 Å². The van der Waals surface area contributed by atoms with Gasteiger partial charge in [0, 0.05) is 47.1 Å². The molecule has 2 aromatic heterocycles. The molecule has 2 aromatic rings. The lowest BCUT2D eigenvalue weighted by atomic mass is 10.1. The van der Waals surface area contributed by atoms with Crippen LogP contribution in [0.1, 0.15) is 57.8 Å². The van der Waals surface area contributed by atoms with Crippen molar-refractivity contribution in [3.63, 3.8) is 0 Å². The second kappa shape index (κ2) is 13.5. The molecular formula is C25H40N8O2S2. The van der Waals surface area contributed by atoms with Crippen molar-refractivity contribution < 1.29 is 9.53 Å². The lowest BCUT2D eigenvalue weighted by Crippen LogP contribution is -2.42. The third-order valence-corrected chi connectivity index (χ3v) is 8.03. The summed E-state index contributed by atoms with van der Waals surface area (Å²) in [5.41, 5.74) is 12.8. The molecular weight excluding hydrogens is 508 g/mol. The highest BCUT2D eigenvalue weighted by Crippen LogP contribution is 2.29. The van der Waals surface area contributed by atoms with Crippen molar-refractivity contribution in [3.8, 4) is 0 Å². The molecule has 0 aromatic carbocycles. The Hall–Kier alpha value is -2.31. The van der Waals surface area contributed by atoms with E-state index in [1.54, 1.807) is 40.6 Å². The molecule has 4 rings (SSSR count). The van der Waals surface area contributed by atoms with Crippen molar-refractivity contribution >= 4 is 41.3 Å². The van der Waals surface area contributed by atoms with Gasteiger partial charge < -0.3 is 26.4 Å². The first-order valence-electron chi connectivity index (χ1n) is 12.7. The topological polar surface area (TPSA) is 145 Å². The minimum atomic E-state index is -0.449. The molecule has 2 fully saturated rings. The number of likely N-dealkylation sites (tertiary alicyclic amines) is 1. The number of piperidine rings is 2. The molecule has 0 spiro atoms. The van der Waals surface area contributed by atoms with Gasteiger partial charge in [-0.1, -0.05) is 23.5 Å². The van der Waals surface area contributed by atoms with Crippen molar-refractivity contribution in [2.45, 2.75) is 86.7 Å². The van der Waals surface area contributed by atoms with Crippen molar-refractivity contribution in [2.75, 3.05) is 37.6 Å². The van der Waals surface area contributed by atoms with E-state index in [0.717, 1.165) is 42.5 Å². The Kier molecular flexibility index (Phi) is 10.7. The molecule has 4 heterocycles. The smallest absolute Gasteiger partial charge is 0.410 e. The number of thioether (sulfide) groups is 2. The molecule has 0 saturated carbocycles. The zero-order valence-electron chi connectivity index (χ0n) is 22.5. The minimum absolute atomic E-state index is 0.230. The van der Waals surface area contributed by atoms with Crippen LogP contribution in [0.3, 0.4) is 0 Å². The van der Waals surface area contributed by atoms with Crippen LogP contribution in [-0.4, -0.2) is 73.2 Å². The highest BCUT2D eigenvalue weighted by molar-refractivity contribution is 8.00. The predicted octanol–water partition coefficient (Wildman–Crippen LogP) is 4.07. The zero-order chi connectivity index (χ0) is 27.0. The molecule has 2 saturated heterocycles. The molecule has 12 heteroatoms. The predicted molar refractivity (Wildman–Crippen MR) is 151 cm³/mol. The van der Waals surface area contributed by atoms with Crippen LogP contribution in [0.25, 0.3) is 0 Å². The van der Waals surface area contributed by atoms with Crippen LogP contribution in [0.15, 0.2) is 22.4 Å². The molecule has 204 valence electrons. The summed E-state index contributed by atoms with van der Waals surface area (Å²) in [6, 6.07) is 3.56. The molecule has 37 heavy (non-hydrogen) atoms. The Morgan fingerprint density at radius 1 is 0.892 bits per heavy atom. The van der Waals surface area contributed by atoms with Gasteiger partial charge in [0.15, 0.2) is 10.3 Å². The fourth-order valence-electron chi connectivity index (χ4n) is 3.93. The van der Waals surface area contributed by atoms with E-state index in [2.05, 4.69) is 25.3 Å². The number of anilines is 2. The number of aromatic nitrogens is 4. The van der Waals surface area contributed by atoms with Gasteiger partial charge in [0.25, 0.3) is 0 Å². The average Bonchev–Trinajstić information content (AvgIpc) is 2.78. The van der Waals surface area contributed by atoms with Gasteiger partial charge in [0.05, 0.1) is 0 Å². The van der Waals surface area contributed by atoms with Crippen LogP contribution in [0.5, 0.6) is 0 Å². The lowest BCUT2D eigenvalue weighted by Gasteiger charge is -2.32. The Labute approximate surface area is 228 Å². The largest absolute Gasteiger partial charge is 0.444 e. The molecule has 0 atom stereocenters. The number of amides is 1. The number of carbonyl (C=O) groups excluding carboxylic acids is 1. The van der Waals surface area contributed by atoms with Gasteiger partial charge in [0.1, 0.15) is 17.2 Å². The lowest BCUT2D eigenvalue weighted by molar-refractivity contribution is 0.0219. The van der Waals surface area contributed by atoms with Gasteiger partial charge in [-0.05, 0) is 73.4 Å². The third-order valence-electron chi connectivity index (χ3n) is 5.63. The van der Waals surface area contributed by atoms with Crippen molar-refractivity contribution in [3.05, 3.63) is 23.5 Å². The molecule has 10 nitrogen and oxygen atoms in total. The first-order chi connectivity index (χ1) is 17.5. The van der Waals surface area contributed by atoms with Crippen molar-refractivity contribution in [1.29, 1.82) is 0 Å². The maximum Gasteiger partial charge on any atom is 0.410 e. The SMILES string of the molecule is Cc1cc(N)nc(SC2CCN(C(=O)OC(C)(C)C)CC2)n1.Cc1cc(N)nc(SC2CCNCC2)n1. The molecule has 0 unspecified atom stereocenters. The number of hydrogen-bond acceptors (Lipinski definition) is 11. The quantitative estimate of drug-likeness (QED) is 0.475. The maximum atomic E-state index is 12.0. The number of nitrogens with two attached hydrogens (primary N) is 2. The van der Waals surface area contributed by atoms with E-state index in [0.29, 0.717) is 40.4 Å². The van der Waals surface area contributed by atoms with Gasteiger partial charge in [-0.25, -0.2) is 24.7 Å². The van der Waals surface area contributed by atoms with E-state index in [-0.39, 0.29) is 6.09 Å². The van der Waals surface area contributed by atoms with Crippen LogP contribution in [0.4, 0.5) is 16.4 Å². The fraction of sp³-hybridized carbons (Fsp3) is 0.640. The highest BCUT2D eigenvalue weighted by atomic mass is 32.2. The Morgan fingerprint density at radius 2 is 1.35 bits per heavy atom. The number of nitrogens with zero attached hydrogens (tertiary/aromatic N) is 5. The fourth-order valence-corrected chi connectivity index (χ4v) is 6.15. The van der Waals surface area contributed by atoms with Crippen LogP contribution in [0.2, 0.25) is 0 Å². The summed E-state index contributed by atoms with van der Waals surface area (Å²) < 4.78 is 5.40. The van der Waals surface area contributed by atoms with Gasteiger partial charge in [0.2, 0.25) is 0 Å². The Balaban J connectivity index is 0.000000220. The van der Waals surface area contributed by atoms with E-state index in [9.17, 15) is 4.79 Å². The number of rotatable bonds is 4. The summed E-state index contributed by atoms with van der Waals surface area (Å²) in [6.07, 6.45) is 3.94. The number of nitrogen functional groups attached to an aromatic ring is 2. The van der Waals surface area contributed by atoms with E-state index in [1.165, 1.54) is 12.8 Å². The monoisotopic (exact) mass is 548 g/mol. The van der Waals surface area contributed by atoms with Gasteiger partial charge >= 0.3 is 6.09 Å². The molecule has 2 aliphatic rings. The average molecular weight is 549 g/mol. The van der Waals surface area contributed by atoms with Crippen LogP contribution in [0, 0.1) is 13.8 Å². The van der Waals surface area contributed by atoms with Crippen molar-refractivity contribution in [2.24, 2.45) is 0 Å². The number of ether oxygens (including phenoxy) is 1. The minimum Gasteiger partial charge on any atom is -0.444 e. The highest BCUT2D eigenvalue weighted by Gasteiger charge is 2.27. The number of hydrogen-bond donors (Lipinski definition) is 3. The summed E-state index contributed by atoms with van der Waals surface area (Å²) in [6.45, 7) is 13.1. The Bertz CT molecular complexity index is 995. The van der Waals surface area contributed by atoms with Crippen LogP contribution in [-0.2, 0) is 4.74 Å². The summed E-state index contributed by atoms with van der Waals surface area (Å²) in [7, 11) is 0. The molecule has 1 amide bonds. The maximum absolute atomic E-state index is 12.0.